The molecule has 0 radical (unpaired) electrons. The molecule has 2 aromatic rings. The van der Waals surface area contributed by atoms with Crippen molar-refractivity contribution in [3.05, 3.63) is 81.9 Å². The fourth-order valence-corrected chi connectivity index (χ4v) is 2.64. The van der Waals surface area contributed by atoms with Crippen LogP contribution in [0, 0.1) is 0 Å². The van der Waals surface area contributed by atoms with Crippen molar-refractivity contribution >= 4 is 71.0 Å². The van der Waals surface area contributed by atoms with Gasteiger partial charge in [-0.05, 0) is 75.2 Å². The van der Waals surface area contributed by atoms with Crippen LogP contribution >= 0.6 is 47.2 Å². The molecule has 0 bridgehead atoms. The molecule has 2 rings (SSSR count). The van der Waals surface area contributed by atoms with Gasteiger partial charge in [-0.25, -0.2) is 10.4 Å². The summed E-state index contributed by atoms with van der Waals surface area (Å²) < 4.78 is 0. The highest BCUT2D eigenvalue weighted by atomic mass is 127. The van der Waals surface area contributed by atoms with Crippen molar-refractivity contribution in [2.45, 2.75) is 39.8 Å². The Morgan fingerprint density at radius 3 is 1.65 bits per heavy atom. The minimum Gasteiger partial charge on any atom is -0.353 e. The third-order valence-corrected chi connectivity index (χ3v) is 4.24. The Morgan fingerprint density at radius 1 is 0.806 bits per heavy atom. The van der Waals surface area contributed by atoms with Gasteiger partial charge in [0.15, 0.2) is 0 Å². The molecule has 0 amide bonds. The summed E-state index contributed by atoms with van der Waals surface area (Å²) >= 11 is 11.9. The summed E-state index contributed by atoms with van der Waals surface area (Å²) in [5.74, 6) is 0.636. The third kappa shape index (κ3) is 11.4. The zero-order valence-electron chi connectivity index (χ0n) is 18.1. The normalized spacial score (nSPS) is 11.8. The molecule has 0 aromatic heterocycles. The lowest BCUT2D eigenvalue weighted by atomic mass is 10.1. The number of hydrazone groups is 1. The van der Waals surface area contributed by atoms with Crippen molar-refractivity contribution in [3.8, 4) is 0 Å². The Kier molecular flexibility index (Phi) is 12.5. The van der Waals surface area contributed by atoms with Gasteiger partial charge in [0, 0.05) is 22.1 Å². The van der Waals surface area contributed by atoms with Gasteiger partial charge in [-0.2, -0.15) is 5.10 Å². The summed E-state index contributed by atoms with van der Waals surface area (Å²) in [7, 11) is 0. The summed E-state index contributed by atoms with van der Waals surface area (Å²) in [6, 6.07) is 15.7. The van der Waals surface area contributed by atoms with Gasteiger partial charge in [-0.3, -0.25) is 0 Å². The number of guanidine groups is 1. The smallest absolute Gasteiger partial charge is 0.212 e. The molecule has 0 aliphatic heterocycles. The summed E-state index contributed by atoms with van der Waals surface area (Å²) in [5, 5.41) is 9.24. The molecule has 166 valence electrons. The second kappa shape index (κ2) is 14.3. The largest absolute Gasteiger partial charge is 0.353 e. The minimum atomic E-state index is 0. The highest BCUT2D eigenvalue weighted by molar-refractivity contribution is 14.0. The molecule has 0 saturated heterocycles. The van der Waals surface area contributed by atoms with E-state index in [0.717, 1.165) is 16.8 Å². The number of allylic oxidation sites excluding steroid dienone is 2. The number of nitrogens with one attached hydrogen (secondary N) is 2. The zero-order valence-corrected chi connectivity index (χ0v) is 22.0. The maximum absolute atomic E-state index is 5.97. The lowest BCUT2D eigenvalue weighted by Crippen LogP contribution is -2.39. The predicted octanol–water partition coefficient (Wildman–Crippen LogP) is 7.05. The van der Waals surface area contributed by atoms with Crippen molar-refractivity contribution in [3.63, 3.8) is 0 Å². The molecule has 7 heteroatoms. The molecule has 0 fully saturated rings. The van der Waals surface area contributed by atoms with Gasteiger partial charge < -0.3 is 5.32 Å². The van der Waals surface area contributed by atoms with E-state index in [1.54, 1.807) is 0 Å². The zero-order chi connectivity index (χ0) is 21.9. The predicted molar refractivity (Wildman–Crippen MR) is 148 cm³/mol. The Morgan fingerprint density at radius 2 is 1.26 bits per heavy atom. The van der Waals surface area contributed by atoms with E-state index >= 15 is 0 Å². The molecule has 2 aromatic carbocycles. The number of hydrogen-bond donors (Lipinski definition) is 2. The van der Waals surface area contributed by atoms with Crippen LogP contribution in [0.2, 0.25) is 10.0 Å². The minimum absolute atomic E-state index is 0. The number of halogens is 3. The average Bonchev–Trinajstić information content (AvgIpc) is 2.69. The highest BCUT2D eigenvalue weighted by Gasteiger charge is 2.02. The molecule has 0 aliphatic carbocycles. The molecule has 0 heterocycles. The molecule has 2 N–H and O–H groups in total. The maximum Gasteiger partial charge on any atom is 0.212 e. The Bertz CT molecular complexity index is 858. The van der Waals surface area contributed by atoms with Crippen molar-refractivity contribution in [2.24, 2.45) is 10.1 Å². The molecule has 0 saturated carbocycles. The molecule has 31 heavy (non-hydrogen) atoms. The summed E-state index contributed by atoms with van der Waals surface area (Å²) in [6.07, 6.45) is 7.84. The van der Waals surface area contributed by atoms with E-state index in [0.29, 0.717) is 16.0 Å². The first-order chi connectivity index (χ1) is 14.3. The molecule has 0 aliphatic rings. The van der Waals surface area contributed by atoms with Crippen molar-refractivity contribution in [1.29, 1.82) is 0 Å². The van der Waals surface area contributed by atoms with Crippen LogP contribution in [0.1, 0.15) is 38.8 Å². The van der Waals surface area contributed by atoms with Crippen LogP contribution in [-0.4, -0.2) is 23.8 Å². The lowest BCUT2D eigenvalue weighted by molar-refractivity contribution is 0.692. The van der Waals surface area contributed by atoms with E-state index < -0.39 is 0 Å². The molecular weight excluding hydrogens is 542 g/mol. The molecule has 4 nitrogen and oxygen atoms in total. The third-order valence-electron chi connectivity index (χ3n) is 3.74. The van der Waals surface area contributed by atoms with E-state index in [4.69, 9.17) is 23.2 Å². The van der Waals surface area contributed by atoms with Gasteiger partial charge in [0.2, 0.25) is 5.96 Å². The molecule has 0 unspecified atom stereocenters. The Labute approximate surface area is 212 Å². The van der Waals surface area contributed by atoms with Gasteiger partial charge in [-0.1, -0.05) is 59.6 Å². The SMILES string of the molecule is CC(C)N=C(NN=C(/C=C/c1ccc(Cl)cc1)/C=C/c1ccc(Cl)cc1)NC(C)C.I. The quantitative estimate of drug-likeness (QED) is 0.162. The van der Waals surface area contributed by atoms with Crippen LogP contribution in [0.15, 0.2) is 70.8 Å². The van der Waals surface area contributed by atoms with Crippen LogP contribution in [0.5, 0.6) is 0 Å². The topological polar surface area (TPSA) is 48.8 Å². The van der Waals surface area contributed by atoms with Crippen LogP contribution in [0.4, 0.5) is 0 Å². The second-order valence-electron chi connectivity index (χ2n) is 7.29. The molecule has 0 atom stereocenters. The molecule has 0 spiro atoms. The van der Waals surface area contributed by atoms with Gasteiger partial charge in [0.1, 0.15) is 0 Å². The van der Waals surface area contributed by atoms with Crippen LogP contribution in [0.3, 0.4) is 0 Å². The summed E-state index contributed by atoms with van der Waals surface area (Å²) in [5.41, 5.74) is 5.86. The number of benzene rings is 2. The van der Waals surface area contributed by atoms with E-state index in [9.17, 15) is 0 Å². The van der Waals surface area contributed by atoms with Gasteiger partial charge >= 0.3 is 0 Å². The van der Waals surface area contributed by atoms with Gasteiger partial charge in [0.25, 0.3) is 0 Å². The van der Waals surface area contributed by atoms with Crippen molar-refractivity contribution in [1.82, 2.24) is 10.7 Å². The van der Waals surface area contributed by atoms with Crippen molar-refractivity contribution < 1.29 is 0 Å². The second-order valence-corrected chi connectivity index (χ2v) is 8.16. The van der Waals surface area contributed by atoms with Gasteiger partial charge in [-0.15, -0.1) is 24.0 Å². The fraction of sp³-hybridized carbons (Fsp3) is 0.250. The number of rotatable bonds is 7. The Hall–Kier alpha value is -1.83. The first-order valence-electron chi connectivity index (χ1n) is 9.87. The fourth-order valence-electron chi connectivity index (χ4n) is 2.39. The monoisotopic (exact) mass is 570 g/mol. The number of aliphatic imine (C=N–C) groups is 1. The number of nitrogens with zero attached hydrogens (tertiary/aromatic N) is 2. The average molecular weight is 571 g/mol. The molecular formula is C24H29Cl2IN4. The van der Waals surface area contributed by atoms with Crippen LogP contribution in [0.25, 0.3) is 12.2 Å². The first-order valence-corrected chi connectivity index (χ1v) is 10.6. The van der Waals surface area contributed by atoms with Crippen LogP contribution in [-0.2, 0) is 0 Å². The maximum atomic E-state index is 5.97. The first kappa shape index (κ1) is 27.2. The highest BCUT2D eigenvalue weighted by Crippen LogP contribution is 2.12. The van der Waals surface area contributed by atoms with Crippen molar-refractivity contribution in [2.75, 3.05) is 0 Å². The lowest BCUT2D eigenvalue weighted by Gasteiger charge is -2.13. The standard InChI is InChI=1S/C24H28Cl2N4.HI/c1-17(2)27-24(28-18(3)4)30-29-23(15-9-19-5-11-21(25)12-6-19)16-10-20-7-13-22(26)14-8-20;/h5-18H,1-4H3,(H2,27,28,30);1H/b15-9+,16-10+;. The van der Waals surface area contributed by atoms with E-state index in [2.05, 4.69) is 34.7 Å². The van der Waals surface area contributed by atoms with E-state index in [-0.39, 0.29) is 36.1 Å². The van der Waals surface area contributed by atoms with Crippen LogP contribution < -0.4 is 10.7 Å². The van der Waals surface area contributed by atoms with E-state index in [1.807, 2.05) is 86.7 Å². The summed E-state index contributed by atoms with van der Waals surface area (Å²) in [4.78, 5) is 4.55. The summed E-state index contributed by atoms with van der Waals surface area (Å²) in [6.45, 7) is 8.16. The number of hydrogen-bond acceptors (Lipinski definition) is 2. The van der Waals surface area contributed by atoms with E-state index in [1.165, 1.54) is 0 Å². The van der Waals surface area contributed by atoms with Gasteiger partial charge in [0.05, 0.1) is 5.71 Å². The Balaban J connectivity index is 0.00000480.